The molecular weight excluding hydrogens is 400 g/mol. The minimum absolute atomic E-state index is 0.0120. The zero-order chi connectivity index (χ0) is 22.3. The van der Waals surface area contributed by atoms with Crippen LogP contribution in [0.1, 0.15) is 33.5 Å². The van der Waals surface area contributed by atoms with Crippen molar-refractivity contribution in [1.29, 1.82) is 0 Å². The first kappa shape index (κ1) is 21.6. The maximum absolute atomic E-state index is 12.6. The Morgan fingerprint density at radius 2 is 1.84 bits per heavy atom. The minimum atomic E-state index is -0.234. The zero-order valence-electron chi connectivity index (χ0n) is 18.3. The van der Waals surface area contributed by atoms with Crippen LogP contribution in [0.25, 0.3) is 0 Å². The van der Waals surface area contributed by atoms with Gasteiger partial charge < -0.3 is 15.4 Å². The van der Waals surface area contributed by atoms with Gasteiger partial charge in [0.05, 0.1) is 5.92 Å². The lowest BCUT2D eigenvalue weighted by Gasteiger charge is -2.25. The van der Waals surface area contributed by atoms with E-state index in [-0.39, 0.29) is 17.7 Å². The third-order valence-corrected chi connectivity index (χ3v) is 5.66. The fourth-order valence-corrected chi connectivity index (χ4v) is 3.92. The molecule has 5 heteroatoms. The molecule has 0 spiro atoms. The topological polar surface area (TPSA) is 67.4 Å². The van der Waals surface area contributed by atoms with E-state index in [4.69, 9.17) is 4.74 Å². The van der Waals surface area contributed by atoms with Gasteiger partial charge in [-0.2, -0.15) is 0 Å². The number of anilines is 1. The number of nitrogens with one attached hydrogen (secondary N) is 2. The van der Waals surface area contributed by atoms with Gasteiger partial charge in [0.25, 0.3) is 5.91 Å². The van der Waals surface area contributed by atoms with E-state index in [1.54, 1.807) is 6.07 Å². The highest BCUT2D eigenvalue weighted by molar-refractivity contribution is 6.04. The van der Waals surface area contributed by atoms with E-state index in [9.17, 15) is 9.59 Å². The SMILES string of the molecule is Cc1cccc(C(=O)Nc2ccc3c(c2)C[C@@H](C(=O)NCCCc2ccccc2)CO3)c1. The Balaban J connectivity index is 1.31. The molecule has 0 aliphatic carbocycles. The number of aryl methyl sites for hydroxylation is 2. The number of carbonyl (C=O) groups excluding carboxylic acids is 2. The van der Waals surface area contributed by atoms with Crippen molar-refractivity contribution in [3.63, 3.8) is 0 Å². The summed E-state index contributed by atoms with van der Waals surface area (Å²) in [6.07, 6.45) is 2.43. The molecule has 3 aromatic rings. The molecule has 0 aromatic heterocycles. The quantitative estimate of drug-likeness (QED) is 0.543. The molecule has 0 bridgehead atoms. The molecule has 2 N–H and O–H groups in total. The molecule has 164 valence electrons. The van der Waals surface area contributed by atoms with Crippen molar-refractivity contribution in [2.45, 2.75) is 26.2 Å². The molecule has 0 saturated heterocycles. The third kappa shape index (κ3) is 5.55. The van der Waals surface area contributed by atoms with Crippen LogP contribution in [0.2, 0.25) is 0 Å². The predicted octanol–water partition coefficient (Wildman–Crippen LogP) is 4.55. The molecule has 3 aromatic carbocycles. The van der Waals surface area contributed by atoms with Crippen molar-refractivity contribution in [3.8, 4) is 5.75 Å². The van der Waals surface area contributed by atoms with Crippen LogP contribution in [0, 0.1) is 12.8 Å². The first-order valence-corrected chi connectivity index (χ1v) is 11.0. The van der Waals surface area contributed by atoms with Gasteiger partial charge in [-0.1, -0.05) is 48.0 Å². The van der Waals surface area contributed by atoms with Crippen molar-refractivity contribution in [3.05, 3.63) is 95.1 Å². The summed E-state index contributed by atoms with van der Waals surface area (Å²) >= 11 is 0. The maximum Gasteiger partial charge on any atom is 0.255 e. The summed E-state index contributed by atoms with van der Waals surface area (Å²) in [5.74, 6) is 0.393. The Morgan fingerprint density at radius 1 is 1.00 bits per heavy atom. The first-order valence-electron chi connectivity index (χ1n) is 11.0. The summed E-state index contributed by atoms with van der Waals surface area (Å²) in [6, 6.07) is 23.3. The van der Waals surface area contributed by atoms with E-state index >= 15 is 0 Å². The van der Waals surface area contributed by atoms with E-state index in [0.29, 0.717) is 30.8 Å². The van der Waals surface area contributed by atoms with Gasteiger partial charge in [0.2, 0.25) is 5.91 Å². The molecule has 1 heterocycles. The van der Waals surface area contributed by atoms with E-state index in [0.717, 1.165) is 29.7 Å². The number of ether oxygens (including phenoxy) is 1. The van der Waals surface area contributed by atoms with Crippen LogP contribution in [-0.4, -0.2) is 25.0 Å². The maximum atomic E-state index is 12.6. The molecule has 0 radical (unpaired) electrons. The Hall–Kier alpha value is -3.60. The van der Waals surface area contributed by atoms with Crippen LogP contribution < -0.4 is 15.4 Å². The van der Waals surface area contributed by atoms with Crippen molar-refractivity contribution in [2.24, 2.45) is 5.92 Å². The summed E-state index contributed by atoms with van der Waals surface area (Å²) in [7, 11) is 0. The van der Waals surface area contributed by atoms with Crippen molar-refractivity contribution in [1.82, 2.24) is 5.32 Å². The number of carbonyl (C=O) groups is 2. The number of fused-ring (bicyclic) bond motifs is 1. The zero-order valence-corrected chi connectivity index (χ0v) is 18.3. The van der Waals surface area contributed by atoms with E-state index in [1.165, 1.54) is 5.56 Å². The molecule has 0 unspecified atom stereocenters. The number of rotatable bonds is 7. The molecule has 1 atom stereocenters. The minimum Gasteiger partial charge on any atom is -0.492 e. The fourth-order valence-electron chi connectivity index (χ4n) is 3.92. The lowest BCUT2D eigenvalue weighted by Crippen LogP contribution is -2.37. The molecule has 1 aliphatic rings. The van der Waals surface area contributed by atoms with Gasteiger partial charge in [-0.3, -0.25) is 9.59 Å². The molecular formula is C27H28N2O3. The van der Waals surface area contributed by atoms with Crippen LogP contribution in [0.3, 0.4) is 0 Å². The molecule has 1 aliphatic heterocycles. The highest BCUT2D eigenvalue weighted by atomic mass is 16.5. The summed E-state index contributed by atoms with van der Waals surface area (Å²) in [6.45, 7) is 2.97. The largest absolute Gasteiger partial charge is 0.492 e. The van der Waals surface area contributed by atoms with Gasteiger partial charge in [-0.25, -0.2) is 0 Å². The third-order valence-electron chi connectivity index (χ3n) is 5.66. The normalized spacial score (nSPS) is 14.7. The van der Waals surface area contributed by atoms with Crippen molar-refractivity contribution >= 4 is 17.5 Å². The summed E-state index contributed by atoms with van der Waals surface area (Å²) in [5.41, 5.74) is 4.56. The predicted molar refractivity (Wildman–Crippen MR) is 126 cm³/mol. The molecule has 0 fully saturated rings. The van der Waals surface area contributed by atoms with Gasteiger partial charge in [0.1, 0.15) is 12.4 Å². The van der Waals surface area contributed by atoms with Gasteiger partial charge in [-0.15, -0.1) is 0 Å². The summed E-state index contributed by atoms with van der Waals surface area (Å²) in [5, 5.41) is 5.98. The lowest BCUT2D eigenvalue weighted by molar-refractivity contribution is -0.126. The second kappa shape index (κ2) is 10.1. The molecule has 32 heavy (non-hydrogen) atoms. The molecule has 2 amide bonds. The second-order valence-electron chi connectivity index (χ2n) is 8.24. The van der Waals surface area contributed by atoms with Crippen LogP contribution in [-0.2, 0) is 17.6 Å². The van der Waals surface area contributed by atoms with Crippen LogP contribution in [0.4, 0.5) is 5.69 Å². The smallest absolute Gasteiger partial charge is 0.255 e. The average molecular weight is 429 g/mol. The van der Waals surface area contributed by atoms with Gasteiger partial charge >= 0.3 is 0 Å². The highest BCUT2D eigenvalue weighted by Crippen LogP contribution is 2.30. The van der Waals surface area contributed by atoms with Crippen LogP contribution in [0.5, 0.6) is 5.75 Å². The monoisotopic (exact) mass is 428 g/mol. The number of amides is 2. The Bertz CT molecular complexity index is 1100. The molecule has 5 nitrogen and oxygen atoms in total. The second-order valence-corrected chi connectivity index (χ2v) is 8.24. The first-order chi connectivity index (χ1) is 15.6. The van der Waals surface area contributed by atoms with Crippen LogP contribution in [0.15, 0.2) is 72.8 Å². The summed E-state index contributed by atoms with van der Waals surface area (Å²) in [4.78, 5) is 25.2. The van der Waals surface area contributed by atoms with Crippen molar-refractivity contribution < 1.29 is 14.3 Å². The Morgan fingerprint density at radius 3 is 2.66 bits per heavy atom. The molecule has 4 rings (SSSR count). The fraction of sp³-hybridized carbons (Fsp3) is 0.259. The summed E-state index contributed by atoms with van der Waals surface area (Å²) < 4.78 is 5.82. The van der Waals surface area contributed by atoms with Gasteiger partial charge in [-0.05, 0) is 67.6 Å². The lowest BCUT2D eigenvalue weighted by atomic mass is 9.95. The van der Waals surface area contributed by atoms with Gasteiger partial charge in [0.15, 0.2) is 0 Å². The van der Waals surface area contributed by atoms with Crippen LogP contribution >= 0.6 is 0 Å². The van der Waals surface area contributed by atoms with E-state index < -0.39 is 0 Å². The van der Waals surface area contributed by atoms with E-state index in [2.05, 4.69) is 22.8 Å². The van der Waals surface area contributed by atoms with Gasteiger partial charge in [0, 0.05) is 17.8 Å². The van der Waals surface area contributed by atoms with E-state index in [1.807, 2.05) is 61.5 Å². The van der Waals surface area contributed by atoms with Crippen molar-refractivity contribution in [2.75, 3.05) is 18.5 Å². The highest BCUT2D eigenvalue weighted by Gasteiger charge is 2.26. The Kier molecular flexibility index (Phi) is 6.85. The standard InChI is InChI=1S/C27H28N2O3/c1-19-7-5-11-21(15-19)27(31)29-24-12-13-25-22(17-24)16-23(18-32-25)26(30)28-14-6-10-20-8-3-2-4-9-20/h2-5,7-9,11-13,15,17,23H,6,10,14,16,18H2,1H3,(H,28,30)(H,29,31)/t23-/m1/s1. The molecule has 0 saturated carbocycles. The Labute approximate surface area is 188 Å². The number of hydrogen-bond donors (Lipinski definition) is 2. The number of benzene rings is 3. The average Bonchev–Trinajstić information content (AvgIpc) is 2.82. The number of hydrogen-bond acceptors (Lipinski definition) is 3.